The van der Waals surface area contributed by atoms with Gasteiger partial charge in [0.2, 0.25) is 5.91 Å². The number of amides is 2. The van der Waals surface area contributed by atoms with Crippen molar-refractivity contribution in [1.82, 2.24) is 4.90 Å². The highest BCUT2D eigenvalue weighted by atomic mass is 16.5. The summed E-state index contributed by atoms with van der Waals surface area (Å²) in [6.07, 6.45) is 0.166. The lowest BCUT2D eigenvalue weighted by Crippen LogP contribution is -2.57. The molecule has 0 fully saturated rings. The van der Waals surface area contributed by atoms with Crippen molar-refractivity contribution in [2.24, 2.45) is 5.73 Å². The molecule has 0 saturated heterocycles. The number of carbonyl (C=O) groups is 3. The smallest absolute Gasteiger partial charge is 0.326 e. The Morgan fingerprint density at radius 3 is 1.87 bits per heavy atom. The molecule has 0 aliphatic rings. The lowest BCUT2D eigenvalue weighted by molar-refractivity contribution is -0.144. The third-order valence-corrected chi connectivity index (χ3v) is 7.75. The van der Waals surface area contributed by atoms with Crippen molar-refractivity contribution in [3.63, 3.8) is 0 Å². The zero-order valence-electron chi connectivity index (χ0n) is 26.6. The van der Waals surface area contributed by atoms with Crippen molar-refractivity contribution in [3.8, 4) is 28.4 Å². The Kier molecular flexibility index (Phi) is 11.0. The molecule has 0 saturated carbocycles. The summed E-state index contributed by atoms with van der Waals surface area (Å²) in [4.78, 5) is 39.5. The average molecular weight is 625 g/mol. The number of hydrogen-bond donors (Lipinski definition) is 2. The number of hydrogen-bond acceptors (Lipinski definition) is 6. The molecule has 9 heteroatoms. The molecule has 4 aromatic rings. The Hall–Kier alpha value is -5.31. The van der Waals surface area contributed by atoms with Gasteiger partial charge in [0.1, 0.15) is 29.9 Å². The summed E-state index contributed by atoms with van der Waals surface area (Å²) < 4.78 is 16.6. The summed E-state index contributed by atoms with van der Waals surface area (Å²) in [7, 11) is 3.20. The second kappa shape index (κ2) is 15.1. The number of carboxylic acid groups (broad SMARTS) is 1. The second-order valence-electron chi connectivity index (χ2n) is 11.6. The van der Waals surface area contributed by atoms with Crippen molar-refractivity contribution < 1.29 is 33.7 Å². The maximum atomic E-state index is 14.0. The molecule has 0 unspecified atom stereocenters. The number of nitrogens with two attached hydrogens (primary N) is 1. The third-order valence-electron chi connectivity index (χ3n) is 7.75. The molecule has 3 N–H and O–H groups in total. The molecule has 0 radical (unpaired) electrons. The maximum Gasteiger partial charge on any atom is 0.326 e. The third kappa shape index (κ3) is 8.65. The standard InChI is InChI=1S/C37H40N2O7/c1-37(2,23-25-8-6-5-7-9-25)39(33(36(42)43)18-19-34(38)40)35(41)29-12-10-27(11-13-29)28-14-16-30(17-15-28)46-24-26-20-31(44-3)22-32(21-26)45-4/h5-17,20-22,33H,18-19,23-24H2,1-4H3,(H2,38,40)(H,42,43)/t33-/m0/s1. The number of ether oxygens (including phenoxy) is 3. The van der Waals surface area contributed by atoms with Gasteiger partial charge in [-0.2, -0.15) is 0 Å². The van der Waals surface area contributed by atoms with E-state index in [0.29, 0.717) is 35.8 Å². The van der Waals surface area contributed by atoms with Gasteiger partial charge in [-0.25, -0.2) is 4.79 Å². The van der Waals surface area contributed by atoms with Crippen LogP contribution in [-0.4, -0.2) is 53.6 Å². The highest BCUT2D eigenvalue weighted by Crippen LogP contribution is 2.30. The zero-order chi connectivity index (χ0) is 33.3. The normalized spacial score (nSPS) is 11.7. The van der Waals surface area contributed by atoms with E-state index >= 15 is 0 Å². The van der Waals surface area contributed by atoms with Gasteiger partial charge >= 0.3 is 5.97 Å². The molecule has 0 aromatic heterocycles. The predicted molar refractivity (Wildman–Crippen MR) is 176 cm³/mol. The van der Waals surface area contributed by atoms with Gasteiger partial charge in [0, 0.05) is 23.6 Å². The van der Waals surface area contributed by atoms with E-state index in [9.17, 15) is 19.5 Å². The van der Waals surface area contributed by atoms with Crippen LogP contribution in [0.4, 0.5) is 0 Å². The predicted octanol–water partition coefficient (Wildman–Crippen LogP) is 6.13. The summed E-state index contributed by atoms with van der Waals surface area (Å²) >= 11 is 0. The zero-order valence-corrected chi connectivity index (χ0v) is 26.6. The summed E-state index contributed by atoms with van der Waals surface area (Å²) in [5, 5.41) is 10.2. The van der Waals surface area contributed by atoms with E-state index in [1.54, 1.807) is 32.4 Å². The number of primary amides is 1. The highest BCUT2D eigenvalue weighted by Gasteiger charge is 2.40. The van der Waals surface area contributed by atoms with Gasteiger partial charge in [-0.1, -0.05) is 54.6 Å². The van der Waals surface area contributed by atoms with E-state index in [2.05, 4.69) is 0 Å². The van der Waals surface area contributed by atoms with Crippen LogP contribution in [0.25, 0.3) is 11.1 Å². The SMILES string of the molecule is COc1cc(COc2ccc(-c3ccc(C(=O)N([C@@H](CCC(N)=O)C(=O)O)C(C)(C)Cc4ccccc4)cc3)cc2)cc(OC)c1. The van der Waals surface area contributed by atoms with Crippen molar-refractivity contribution in [2.45, 2.75) is 51.3 Å². The van der Waals surface area contributed by atoms with Crippen LogP contribution in [0.5, 0.6) is 17.2 Å². The van der Waals surface area contributed by atoms with Gasteiger partial charge in [-0.05, 0) is 85.3 Å². The topological polar surface area (TPSA) is 128 Å². The van der Waals surface area contributed by atoms with E-state index in [1.165, 1.54) is 4.90 Å². The summed E-state index contributed by atoms with van der Waals surface area (Å²) in [6.45, 7) is 4.00. The van der Waals surface area contributed by atoms with Crippen molar-refractivity contribution in [2.75, 3.05) is 14.2 Å². The van der Waals surface area contributed by atoms with Crippen LogP contribution < -0.4 is 19.9 Å². The first kappa shape index (κ1) is 33.6. The molecule has 0 bridgehead atoms. The Morgan fingerprint density at radius 1 is 0.783 bits per heavy atom. The van der Waals surface area contributed by atoms with Crippen LogP contribution in [0.2, 0.25) is 0 Å². The largest absolute Gasteiger partial charge is 0.497 e. The first-order valence-corrected chi connectivity index (χ1v) is 14.9. The van der Waals surface area contributed by atoms with Gasteiger partial charge in [0.25, 0.3) is 5.91 Å². The van der Waals surface area contributed by atoms with E-state index in [4.69, 9.17) is 19.9 Å². The average Bonchev–Trinajstić information content (AvgIpc) is 3.05. The fourth-order valence-electron chi connectivity index (χ4n) is 5.47. The second-order valence-corrected chi connectivity index (χ2v) is 11.6. The summed E-state index contributed by atoms with van der Waals surface area (Å²) in [5.74, 6) is -0.211. The van der Waals surface area contributed by atoms with Gasteiger partial charge in [-0.15, -0.1) is 0 Å². The molecule has 0 aliphatic carbocycles. The number of carbonyl (C=O) groups excluding carboxylic acids is 2. The maximum absolute atomic E-state index is 14.0. The van der Waals surface area contributed by atoms with Crippen molar-refractivity contribution in [3.05, 3.63) is 114 Å². The molecule has 46 heavy (non-hydrogen) atoms. The number of carboxylic acids is 1. The lowest BCUT2D eigenvalue weighted by atomic mass is 9.89. The van der Waals surface area contributed by atoms with Crippen LogP contribution >= 0.6 is 0 Å². The van der Waals surface area contributed by atoms with Crippen LogP contribution in [0, 0.1) is 0 Å². The first-order chi connectivity index (χ1) is 22.0. The van der Waals surface area contributed by atoms with E-state index in [1.807, 2.05) is 92.7 Å². The van der Waals surface area contributed by atoms with Gasteiger partial charge < -0.3 is 30.0 Å². The number of nitrogens with zero attached hydrogens (tertiary/aromatic N) is 1. The van der Waals surface area contributed by atoms with E-state index in [-0.39, 0.29) is 12.8 Å². The van der Waals surface area contributed by atoms with Crippen LogP contribution in [0.1, 0.15) is 48.2 Å². The minimum atomic E-state index is -1.25. The molecular weight excluding hydrogens is 584 g/mol. The number of rotatable bonds is 15. The number of methoxy groups -OCH3 is 2. The highest BCUT2D eigenvalue weighted by molar-refractivity contribution is 5.97. The van der Waals surface area contributed by atoms with Gasteiger partial charge in [0.15, 0.2) is 0 Å². The molecular formula is C37H40N2O7. The van der Waals surface area contributed by atoms with Crippen LogP contribution in [-0.2, 0) is 22.6 Å². The number of aliphatic carboxylic acids is 1. The number of benzene rings is 4. The van der Waals surface area contributed by atoms with Crippen molar-refractivity contribution >= 4 is 17.8 Å². The minimum absolute atomic E-state index is 0.0908. The summed E-state index contributed by atoms with van der Waals surface area (Å²) in [5.41, 5.74) is 8.44. The first-order valence-electron chi connectivity index (χ1n) is 14.9. The summed E-state index contributed by atoms with van der Waals surface area (Å²) in [6, 6.07) is 28.5. The molecule has 9 nitrogen and oxygen atoms in total. The van der Waals surface area contributed by atoms with Crippen LogP contribution in [0.3, 0.4) is 0 Å². The molecule has 2 amide bonds. The quantitative estimate of drug-likeness (QED) is 0.163. The molecule has 4 aromatic carbocycles. The molecule has 1 atom stereocenters. The fourth-order valence-corrected chi connectivity index (χ4v) is 5.47. The Labute approximate surface area is 269 Å². The van der Waals surface area contributed by atoms with E-state index < -0.39 is 29.4 Å². The van der Waals surface area contributed by atoms with Crippen LogP contribution in [0.15, 0.2) is 97.1 Å². The minimum Gasteiger partial charge on any atom is -0.497 e. The Bertz CT molecular complexity index is 1610. The molecule has 0 aliphatic heterocycles. The fraction of sp³-hybridized carbons (Fsp3) is 0.270. The van der Waals surface area contributed by atoms with Gasteiger partial charge in [-0.3, -0.25) is 9.59 Å². The molecule has 0 spiro atoms. The van der Waals surface area contributed by atoms with E-state index in [0.717, 1.165) is 22.3 Å². The molecule has 240 valence electrons. The molecule has 0 heterocycles. The Balaban J connectivity index is 1.53. The molecule has 4 rings (SSSR count). The van der Waals surface area contributed by atoms with Gasteiger partial charge in [0.05, 0.1) is 14.2 Å². The Morgan fingerprint density at radius 2 is 1.35 bits per heavy atom. The van der Waals surface area contributed by atoms with Crippen molar-refractivity contribution in [1.29, 1.82) is 0 Å². The monoisotopic (exact) mass is 624 g/mol. The lowest BCUT2D eigenvalue weighted by Gasteiger charge is -2.42.